The summed E-state index contributed by atoms with van der Waals surface area (Å²) in [6, 6.07) is 13.2. The maximum atomic E-state index is 12.9. The minimum absolute atomic E-state index is 0.205. The molecule has 162 valence electrons. The van der Waals surface area contributed by atoms with Crippen LogP contribution >= 0.6 is 0 Å². The van der Waals surface area contributed by atoms with Crippen LogP contribution in [0.3, 0.4) is 0 Å². The minimum atomic E-state index is -0.548. The molecule has 0 radical (unpaired) electrons. The number of rotatable bonds is 7. The highest BCUT2D eigenvalue weighted by atomic mass is 16.5. The molecule has 0 unspecified atom stereocenters. The van der Waals surface area contributed by atoms with Crippen LogP contribution in [0.2, 0.25) is 0 Å². The second kappa shape index (κ2) is 9.22. The fourth-order valence-electron chi connectivity index (χ4n) is 4.14. The molecule has 3 aromatic rings. The van der Waals surface area contributed by atoms with Gasteiger partial charge in [0.05, 0.1) is 5.56 Å². The van der Waals surface area contributed by atoms with E-state index in [0.29, 0.717) is 29.2 Å². The summed E-state index contributed by atoms with van der Waals surface area (Å²) in [6.45, 7) is 2.46. The molecular formula is C24H27N3O4. The molecule has 1 fully saturated rings. The molecule has 2 amide bonds. The van der Waals surface area contributed by atoms with Crippen molar-refractivity contribution in [1.82, 2.24) is 10.2 Å². The summed E-state index contributed by atoms with van der Waals surface area (Å²) >= 11 is 0. The van der Waals surface area contributed by atoms with Crippen molar-refractivity contribution in [3.8, 4) is 17.1 Å². The monoisotopic (exact) mass is 421 g/mol. The number of carbonyl (C=O) groups is 2. The van der Waals surface area contributed by atoms with Crippen molar-refractivity contribution in [2.75, 3.05) is 26.7 Å². The predicted octanol–water partition coefficient (Wildman–Crippen LogP) is 3.31. The van der Waals surface area contributed by atoms with Crippen LogP contribution in [0.1, 0.15) is 35.2 Å². The van der Waals surface area contributed by atoms with Crippen LogP contribution in [0, 0.1) is 0 Å². The van der Waals surface area contributed by atoms with Crippen molar-refractivity contribution in [3.05, 3.63) is 53.6 Å². The van der Waals surface area contributed by atoms with Crippen molar-refractivity contribution < 1.29 is 18.7 Å². The molecule has 0 spiro atoms. The average molecular weight is 421 g/mol. The van der Waals surface area contributed by atoms with Gasteiger partial charge in [-0.25, -0.2) is 0 Å². The van der Waals surface area contributed by atoms with Crippen molar-refractivity contribution in [1.29, 1.82) is 0 Å². The molecule has 31 heavy (non-hydrogen) atoms. The SMILES string of the molecule is CNC(=O)c1c(-c2ccccc2)oc2cc(OCC(N)=O)cc(CN3CCCCC3)c12. The molecule has 7 heteroatoms. The lowest BCUT2D eigenvalue weighted by atomic mass is 9.99. The van der Waals surface area contributed by atoms with Crippen LogP contribution in [0.15, 0.2) is 46.9 Å². The van der Waals surface area contributed by atoms with Crippen molar-refractivity contribution in [3.63, 3.8) is 0 Å². The highest BCUT2D eigenvalue weighted by Crippen LogP contribution is 2.38. The number of nitrogens with one attached hydrogen (secondary N) is 1. The maximum Gasteiger partial charge on any atom is 0.255 e. The van der Waals surface area contributed by atoms with E-state index in [2.05, 4.69) is 10.2 Å². The van der Waals surface area contributed by atoms with Gasteiger partial charge in [0.15, 0.2) is 6.61 Å². The first-order valence-corrected chi connectivity index (χ1v) is 10.6. The van der Waals surface area contributed by atoms with E-state index in [-0.39, 0.29) is 12.5 Å². The van der Waals surface area contributed by atoms with Gasteiger partial charge in [0.25, 0.3) is 11.8 Å². The van der Waals surface area contributed by atoms with Gasteiger partial charge in [-0.2, -0.15) is 0 Å². The second-order valence-electron chi connectivity index (χ2n) is 7.80. The number of hydrogen-bond donors (Lipinski definition) is 2. The largest absolute Gasteiger partial charge is 0.484 e. The fourth-order valence-corrected chi connectivity index (χ4v) is 4.14. The van der Waals surface area contributed by atoms with E-state index in [1.165, 1.54) is 6.42 Å². The lowest BCUT2D eigenvalue weighted by molar-refractivity contribution is -0.119. The Balaban J connectivity index is 1.88. The molecule has 0 saturated carbocycles. The fraction of sp³-hybridized carbons (Fsp3) is 0.333. The standard InChI is InChI=1S/C24H27N3O4/c1-26-24(29)22-21-17(14-27-10-6-3-7-11-27)12-18(30-15-20(25)28)13-19(21)31-23(22)16-8-4-2-5-9-16/h2,4-5,8-9,12-13H,3,6-7,10-11,14-15H2,1H3,(H2,25,28)(H,26,29). The third-order valence-corrected chi connectivity index (χ3v) is 5.56. The van der Waals surface area contributed by atoms with Gasteiger partial charge in [-0.3, -0.25) is 14.5 Å². The second-order valence-corrected chi connectivity index (χ2v) is 7.80. The average Bonchev–Trinajstić information content (AvgIpc) is 3.18. The smallest absolute Gasteiger partial charge is 0.255 e. The Morgan fingerprint density at radius 3 is 2.55 bits per heavy atom. The lowest BCUT2D eigenvalue weighted by Gasteiger charge is -2.27. The zero-order chi connectivity index (χ0) is 21.8. The van der Waals surface area contributed by atoms with E-state index < -0.39 is 5.91 Å². The Labute approximate surface area is 181 Å². The number of fused-ring (bicyclic) bond motifs is 1. The molecule has 7 nitrogen and oxygen atoms in total. The molecule has 1 aliphatic rings. The Hall–Kier alpha value is -3.32. The molecule has 0 aliphatic carbocycles. The van der Waals surface area contributed by atoms with E-state index >= 15 is 0 Å². The summed E-state index contributed by atoms with van der Waals surface area (Å²) in [5.41, 5.74) is 8.07. The molecule has 2 heterocycles. The topological polar surface area (TPSA) is 97.8 Å². The first kappa shape index (κ1) is 20.9. The molecule has 0 bridgehead atoms. The van der Waals surface area contributed by atoms with Gasteiger partial charge in [0.1, 0.15) is 17.1 Å². The maximum absolute atomic E-state index is 12.9. The Bertz CT molecular complexity index is 1090. The number of hydrogen-bond acceptors (Lipinski definition) is 5. The summed E-state index contributed by atoms with van der Waals surface area (Å²) in [5, 5.41) is 3.52. The number of primary amides is 1. The van der Waals surface area contributed by atoms with E-state index in [4.69, 9.17) is 14.9 Å². The summed E-state index contributed by atoms with van der Waals surface area (Å²) in [5.74, 6) is 0.258. The zero-order valence-corrected chi connectivity index (χ0v) is 17.6. The lowest BCUT2D eigenvalue weighted by Crippen LogP contribution is -2.29. The molecule has 1 aliphatic heterocycles. The first-order chi connectivity index (χ1) is 15.1. The number of piperidine rings is 1. The Morgan fingerprint density at radius 2 is 1.87 bits per heavy atom. The zero-order valence-electron chi connectivity index (χ0n) is 17.6. The van der Waals surface area contributed by atoms with E-state index in [9.17, 15) is 9.59 Å². The number of benzene rings is 2. The Kier molecular flexibility index (Phi) is 6.23. The van der Waals surface area contributed by atoms with Crippen LogP contribution in [-0.4, -0.2) is 43.5 Å². The summed E-state index contributed by atoms with van der Waals surface area (Å²) in [4.78, 5) is 26.5. The normalized spacial score (nSPS) is 14.5. The van der Waals surface area contributed by atoms with Gasteiger partial charge in [-0.1, -0.05) is 36.8 Å². The molecule has 4 rings (SSSR count). The third kappa shape index (κ3) is 4.56. The van der Waals surface area contributed by atoms with Crippen LogP contribution in [0.25, 0.3) is 22.3 Å². The number of likely N-dealkylation sites (tertiary alicyclic amines) is 1. The molecule has 0 atom stereocenters. The molecule has 2 aromatic carbocycles. The number of nitrogens with two attached hydrogens (primary N) is 1. The van der Waals surface area contributed by atoms with Gasteiger partial charge in [0, 0.05) is 30.6 Å². The van der Waals surface area contributed by atoms with Crippen molar-refractivity contribution in [2.45, 2.75) is 25.8 Å². The number of nitrogens with zero attached hydrogens (tertiary/aromatic N) is 1. The van der Waals surface area contributed by atoms with E-state index in [1.54, 1.807) is 13.1 Å². The minimum Gasteiger partial charge on any atom is -0.484 e. The van der Waals surface area contributed by atoms with Crippen LogP contribution in [-0.2, 0) is 11.3 Å². The quantitative estimate of drug-likeness (QED) is 0.610. The van der Waals surface area contributed by atoms with E-state index in [0.717, 1.165) is 42.4 Å². The van der Waals surface area contributed by atoms with Crippen molar-refractivity contribution in [2.24, 2.45) is 5.73 Å². The van der Waals surface area contributed by atoms with Gasteiger partial charge >= 0.3 is 0 Å². The number of ether oxygens (including phenoxy) is 1. The van der Waals surface area contributed by atoms with Crippen molar-refractivity contribution >= 4 is 22.8 Å². The number of carbonyl (C=O) groups excluding carboxylic acids is 2. The summed E-state index contributed by atoms with van der Waals surface area (Å²) < 4.78 is 11.8. The summed E-state index contributed by atoms with van der Waals surface area (Å²) in [7, 11) is 1.62. The van der Waals surface area contributed by atoms with Gasteiger partial charge in [-0.15, -0.1) is 0 Å². The van der Waals surface area contributed by atoms with E-state index in [1.807, 2.05) is 36.4 Å². The highest BCUT2D eigenvalue weighted by Gasteiger charge is 2.25. The van der Waals surface area contributed by atoms with Crippen LogP contribution in [0.5, 0.6) is 5.75 Å². The molecular weight excluding hydrogens is 394 g/mol. The highest BCUT2D eigenvalue weighted by molar-refractivity contribution is 6.12. The third-order valence-electron chi connectivity index (χ3n) is 5.56. The number of amides is 2. The van der Waals surface area contributed by atoms with Gasteiger partial charge < -0.3 is 20.2 Å². The first-order valence-electron chi connectivity index (χ1n) is 10.6. The van der Waals surface area contributed by atoms with Crippen LogP contribution in [0.4, 0.5) is 0 Å². The molecule has 1 aromatic heterocycles. The number of furan rings is 1. The predicted molar refractivity (Wildman–Crippen MR) is 119 cm³/mol. The summed E-state index contributed by atoms with van der Waals surface area (Å²) in [6.07, 6.45) is 3.55. The van der Waals surface area contributed by atoms with Crippen LogP contribution < -0.4 is 15.8 Å². The van der Waals surface area contributed by atoms with Gasteiger partial charge in [0.2, 0.25) is 0 Å². The van der Waals surface area contributed by atoms with Gasteiger partial charge in [-0.05, 0) is 37.6 Å². The molecule has 1 saturated heterocycles. The molecule has 3 N–H and O–H groups in total. The Morgan fingerprint density at radius 1 is 1.13 bits per heavy atom.